The number of hydrogen-bond donors (Lipinski definition) is 5. The number of rotatable bonds is 6. The zero-order valence-electron chi connectivity index (χ0n) is 19.4. The Balaban J connectivity index is 1.57. The van der Waals surface area contributed by atoms with Crippen LogP contribution >= 0.6 is 0 Å². The second kappa shape index (κ2) is 10.2. The van der Waals surface area contributed by atoms with Crippen LogP contribution in [0.15, 0.2) is 30.3 Å². The highest BCUT2D eigenvalue weighted by Gasteiger charge is 2.45. The van der Waals surface area contributed by atoms with Gasteiger partial charge in [-0.05, 0) is 17.7 Å². The van der Waals surface area contributed by atoms with Crippen LogP contribution in [0.1, 0.15) is 35.4 Å². The summed E-state index contributed by atoms with van der Waals surface area (Å²) in [5.74, 6) is -1.42. The predicted octanol–water partition coefficient (Wildman–Crippen LogP) is 0.562. The lowest BCUT2D eigenvalue weighted by atomic mass is 9.95. The lowest BCUT2D eigenvalue weighted by molar-refractivity contribution is -0.278. The van der Waals surface area contributed by atoms with Crippen molar-refractivity contribution in [3.63, 3.8) is 0 Å². The van der Waals surface area contributed by atoms with Crippen molar-refractivity contribution in [3.05, 3.63) is 41.5 Å². The number of ketones is 1. The summed E-state index contributed by atoms with van der Waals surface area (Å²) in [7, 11) is 1.39. The van der Waals surface area contributed by atoms with Gasteiger partial charge in [-0.15, -0.1) is 0 Å². The minimum absolute atomic E-state index is 0.000590. The van der Waals surface area contributed by atoms with Crippen molar-refractivity contribution < 1.29 is 58.8 Å². The minimum Gasteiger partial charge on any atom is -0.507 e. The third-order valence-corrected chi connectivity index (χ3v) is 5.92. The highest BCUT2D eigenvalue weighted by atomic mass is 16.7. The second-order valence-corrected chi connectivity index (χ2v) is 8.42. The molecule has 0 bridgehead atoms. The Morgan fingerprint density at radius 1 is 1.06 bits per heavy atom. The van der Waals surface area contributed by atoms with Crippen LogP contribution in [0, 0.1) is 0 Å². The third-order valence-electron chi connectivity index (χ3n) is 5.92. The normalized spacial score (nSPS) is 27.5. The molecule has 2 aliphatic rings. The Hall–Kier alpha value is -3.58. The van der Waals surface area contributed by atoms with Gasteiger partial charge in [0.1, 0.15) is 59.9 Å². The van der Waals surface area contributed by atoms with Crippen molar-refractivity contribution in [2.75, 3.05) is 13.7 Å². The molecule has 1 saturated heterocycles. The van der Waals surface area contributed by atoms with Crippen molar-refractivity contribution in [2.24, 2.45) is 0 Å². The van der Waals surface area contributed by atoms with E-state index in [0.717, 1.165) is 13.0 Å². The number of esters is 1. The number of Topliss-reactive ketones (excluding diaryl/α,β-unsaturated/α-hetero) is 1. The van der Waals surface area contributed by atoms with Gasteiger partial charge < -0.3 is 49.2 Å². The van der Waals surface area contributed by atoms with Gasteiger partial charge in [-0.1, -0.05) is 6.07 Å². The molecule has 6 atom stereocenters. The molecule has 36 heavy (non-hydrogen) atoms. The number of phenolic OH excluding ortho intramolecular Hbond substituents is 2. The van der Waals surface area contributed by atoms with E-state index in [1.807, 2.05) is 0 Å². The summed E-state index contributed by atoms with van der Waals surface area (Å²) in [6.45, 7) is 0.762. The number of aliphatic hydroxyl groups excluding tert-OH is 3. The maximum atomic E-state index is 12.8. The Morgan fingerprint density at radius 3 is 2.50 bits per heavy atom. The first-order chi connectivity index (χ1) is 17.1. The van der Waals surface area contributed by atoms with Gasteiger partial charge in [0, 0.05) is 19.1 Å². The van der Waals surface area contributed by atoms with E-state index < -0.39 is 60.9 Å². The number of phenols is 2. The number of aliphatic hydroxyl groups is 3. The largest absolute Gasteiger partial charge is 0.507 e. The number of carbonyl (C=O) groups is 2. The van der Waals surface area contributed by atoms with Crippen molar-refractivity contribution in [1.29, 1.82) is 0 Å². The van der Waals surface area contributed by atoms with Crippen LogP contribution in [0.5, 0.6) is 28.7 Å². The molecule has 0 aromatic heterocycles. The molecule has 1 unspecified atom stereocenters. The first-order valence-corrected chi connectivity index (χ1v) is 11.0. The van der Waals surface area contributed by atoms with Crippen molar-refractivity contribution in [3.8, 4) is 28.7 Å². The summed E-state index contributed by atoms with van der Waals surface area (Å²) in [6.07, 6.45) is -8.47. The van der Waals surface area contributed by atoms with Crippen molar-refractivity contribution in [1.82, 2.24) is 0 Å². The SMILES string of the molecule is COc1cc(C2CC(=O)c3c(O)cc(O[C@@H]4O[C@H](COC(C)=O)[C@@H](O)[C@@H](O)[C@H]4O)cc3O2)ccc1O. The minimum atomic E-state index is -1.69. The van der Waals surface area contributed by atoms with Crippen LogP contribution in [-0.2, 0) is 14.3 Å². The van der Waals surface area contributed by atoms with Gasteiger partial charge >= 0.3 is 5.97 Å². The molecule has 5 N–H and O–H groups in total. The first kappa shape index (κ1) is 25.5. The van der Waals surface area contributed by atoms with Gasteiger partial charge in [-0.2, -0.15) is 0 Å². The van der Waals surface area contributed by atoms with Gasteiger partial charge in [-0.25, -0.2) is 0 Å². The fraction of sp³-hybridized carbons (Fsp3) is 0.417. The molecule has 12 nitrogen and oxygen atoms in total. The summed E-state index contributed by atoms with van der Waals surface area (Å²) < 4.78 is 27.0. The zero-order valence-corrected chi connectivity index (χ0v) is 19.4. The molecule has 0 spiro atoms. The maximum Gasteiger partial charge on any atom is 0.302 e. The van der Waals surface area contributed by atoms with Crippen molar-refractivity contribution in [2.45, 2.75) is 50.2 Å². The number of ether oxygens (including phenoxy) is 5. The van der Waals surface area contributed by atoms with Crippen LogP contribution in [0.3, 0.4) is 0 Å². The van der Waals surface area contributed by atoms with Crippen LogP contribution in [0.25, 0.3) is 0 Å². The van der Waals surface area contributed by atoms with E-state index in [0.29, 0.717) is 5.56 Å². The van der Waals surface area contributed by atoms with E-state index in [4.69, 9.17) is 23.7 Å². The number of methoxy groups -OCH3 is 1. The average Bonchev–Trinajstić information content (AvgIpc) is 2.83. The highest BCUT2D eigenvalue weighted by molar-refractivity contribution is 6.02. The van der Waals surface area contributed by atoms with Crippen LogP contribution in [0.4, 0.5) is 0 Å². The van der Waals surface area contributed by atoms with Crippen molar-refractivity contribution >= 4 is 11.8 Å². The molecule has 2 aromatic carbocycles. The van der Waals surface area contributed by atoms with Gasteiger partial charge in [-0.3, -0.25) is 9.59 Å². The number of hydrogen-bond acceptors (Lipinski definition) is 12. The summed E-state index contributed by atoms with van der Waals surface area (Å²) in [6, 6.07) is 6.94. The Labute approximate surface area is 205 Å². The van der Waals surface area contributed by atoms with E-state index in [9.17, 15) is 35.1 Å². The van der Waals surface area contributed by atoms with E-state index in [2.05, 4.69) is 0 Å². The quantitative estimate of drug-likeness (QED) is 0.344. The average molecular weight is 506 g/mol. The number of fused-ring (bicyclic) bond motifs is 1. The topological polar surface area (TPSA) is 181 Å². The van der Waals surface area contributed by atoms with E-state index in [-0.39, 0.29) is 35.0 Å². The lowest BCUT2D eigenvalue weighted by Crippen LogP contribution is -2.60. The van der Waals surface area contributed by atoms with E-state index in [1.54, 1.807) is 6.07 Å². The van der Waals surface area contributed by atoms with Gasteiger partial charge in [0.25, 0.3) is 0 Å². The van der Waals surface area contributed by atoms with Crippen LogP contribution < -0.4 is 14.2 Å². The molecule has 194 valence electrons. The summed E-state index contributed by atoms with van der Waals surface area (Å²) in [4.78, 5) is 23.9. The fourth-order valence-electron chi connectivity index (χ4n) is 4.05. The second-order valence-electron chi connectivity index (χ2n) is 8.42. The molecule has 1 fully saturated rings. The molecule has 0 aliphatic carbocycles. The summed E-state index contributed by atoms with van der Waals surface area (Å²) in [5, 5.41) is 51.0. The molecular formula is C24H26O12. The Bertz CT molecular complexity index is 1150. The van der Waals surface area contributed by atoms with E-state index in [1.165, 1.54) is 25.3 Å². The van der Waals surface area contributed by atoms with Crippen LogP contribution in [0.2, 0.25) is 0 Å². The summed E-state index contributed by atoms with van der Waals surface area (Å²) >= 11 is 0. The number of aromatic hydroxyl groups is 2. The molecule has 0 amide bonds. The molecule has 2 aliphatic heterocycles. The smallest absolute Gasteiger partial charge is 0.302 e. The molecule has 12 heteroatoms. The molecular weight excluding hydrogens is 480 g/mol. The first-order valence-electron chi connectivity index (χ1n) is 11.0. The molecule has 4 rings (SSSR count). The molecule has 2 aromatic rings. The van der Waals surface area contributed by atoms with Gasteiger partial charge in [0.05, 0.1) is 13.5 Å². The molecule has 0 saturated carbocycles. The predicted molar refractivity (Wildman–Crippen MR) is 119 cm³/mol. The summed E-state index contributed by atoms with van der Waals surface area (Å²) in [5.41, 5.74) is 0.489. The maximum absolute atomic E-state index is 12.8. The van der Waals surface area contributed by atoms with Gasteiger partial charge in [0.15, 0.2) is 17.3 Å². The fourth-order valence-corrected chi connectivity index (χ4v) is 4.05. The van der Waals surface area contributed by atoms with Gasteiger partial charge in [0.2, 0.25) is 6.29 Å². The lowest BCUT2D eigenvalue weighted by Gasteiger charge is -2.40. The van der Waals surface area contributed by atoms with E-state index >= 15 is 0 Å². The number of benzene rings is 2. The number of carbonyl (C=O) groups excluding carboxylic acids is 2. The Morgan fingerprint density at radius 2 is 1.81 bits per heavy atom. The third kappa shape index (κ3) is 5.02. The monoisotopic (exact) mass is 506 g/mol. The highest BCUT2D eigenvalue weighted by Crippen LogP contribution is 2.43. The van der Waals surface area contributed by atoms with Crippen LogP contribution in [-0.4, -0.2) is 81.7 Å². The standard InChI is InChI=1S/C24H26O12/c1-10(25)33-9-19-21(29)22(30)23(31)24(36-19)34-12-6-14(27)20-15(28)8-16(35-18(20)7-12)11-3-4-13(26)17(5-11)32-2/h3-7,16,19,21-24,26-27,29-31H,8-9H2,1-2H3/t16?,19-,21-,22-,23-,24-/m1/s1. The Kier molecular flexibility index (Phi) is 7.22. The zero-order chi connectivity index (χ0) is 26.1. The molecule has 0 radical (unpaired) electrons. The molecule has 2 heterocycles.